The lowest BCUT2D eigenvalue weighted by molar-refractivity contribution is 0.0457. The Morgan fingerprint density at radius 3 is 2.02 bits per heavy atom. The number of anilines is 1. The SMILES string of the molecule is CC(c1ccc(-c2ccc(COC3CCCC3)cc2)cc1)N1CCN(C)CC1.CNC.Cc1ccc(-c2cnc(N)c(C=O)c2)cn1. The lowest BCUT2D eigenvalue weighted by atomic mass is 9.99. The second-order valence-electron chi connectivity index (χ2n) is 12.6. The van der Waals surface area contributed by atoms with Gasteiger partial charge in [-0.2, -0.15) is 0 Å². The number of pyridine rings is 2. The minimum absolute atomic E-state index is 0.249. The van der Waals surface area contributed by atoms with Crippen LogP contribution in [-0.2, 0) is 11.3 Å². The van der Waals surface area contributed by atoms with Gasteiger partial charge in [0.25, 0.3) is 0 Å². The smallest absolute Gasteiger partial charge is 0.153 e. The normalized spacial score (nSPS) is 16.0. The Morgan fingerprint density at radius 1 is 0.872 bits per heavy atom. The second-order valence-corrected chi connectivity index (χ2v) is 12.6. The number of aromatic nitrogens is 2. The fourth-order valence-electron chi connectivity index (χ4n) is 5.82. The summed E-state index contributed by atoms with van der Waals surface area (Å²) in [5.41, 5.74) is 13.9. The summed E-state index contributed by atoms with van der Waals surface area (Å²) in [4.78, 5) is 23.9. The van der Waals surface area contributed by atoms with Gasteiger partial charge in [0.1, 0.15) is 5.82 Å². The third-order valence-electron chi connectivity index (χ3n) is 8.88. The fourth-order valence-corrected chi connectivity index (χ4v) is 5.82. The molecule has 0 bridgehead atoms. The molecule has 8 heteroatoms. The van der Waals surface area contributed by atoms with E-state index in [0.29, 0.717) is 24.0 Å². The molecular formula is C39H52N6O2. The Balaban J connectivity index is 0.000000223. The zero-order valence-electron chi connectivity index (χ0n) is 28.8. The molecule has 3 heterocycles. The van der Waals surface area contributed by atoms with Crippen molar-refractivity contribution in [2.45, 2.75) is 58.3 Å². The van der Waals surface area contributed by atoms with Gasteiger partial charge in [-0.15, -0.1) is 0 Å². The maximum Gasteiger partial charge on any atom is 0.153 e. The topological polar surface area (TPSA) is 96.6 Å². The first kappa shape index (κ1) is 35.9. The van der Waals surface area contributed by atoms with Crippen molar-refractivity contribution in [3.8, 4) is 22.3 Å². The number of aryl methyl sites for hydroxylation is 1. The molecule has 8 nitrogen and oxygen atoms in total. The van der Waals surface area contributed by atoms with E-state index in [1.165, 1.54) is 61.0 Å². The Bertz CT molecular complexity index is 1490. The minimum Gasteiger partial charge on any atom is -0.383 e. The number of hydrogen-bond donors (Lipinski definition) is 2. The molecule has 250 valence electrons. The summed E-state index contributed by atoms with van der Waals surface area (Å²) in [6.45, 7) is 9.64. The average Bonchev–Trinajstić information content (AvgIpc) is 3.63. The number of carbonyl (C=O) groups is 1. The van der Waals surface area contributed by atoms with Crippen molar-refractivity contribution in [1.29, 1.82) is 0 Å². The third kappa shape index (κ3) is 10.8. The van der Waals surface area contributed by atoms with Crippen molar-refractivity contribution < 1.29 is 9.53 Å². The maximum absolute atomic E-state index is 10.7. The van der Waals surface area contributed by atoms with Crippen LogP contribution < -0.4 is 11.1 Å². The Kier molecular flexibility index (Phi) is 14.1. The van der Waals surface area contributed by atoms with Crippen LogP contribution in [0.5, 0.6) is 0 Å². The largest absolute Gasteiger partial charge is 0.383 e. The quantitative estimate of drug-likeness (QED) is 0.204. The van der Waals surface area contributed by atoms with Gasteiger partial charge < -0.3 is 20.7 Å². The van der Waals surface area contributed by atoms with Crippen molar-refractivity contribution in [3.05, 3.63) is 102 Å². The van der Waals surface area contributed by atoms with E-state index < -0.39 is 0 Å². The van der Waals surface area contributed by atoms with Crippen LogP contribution in [0.3, 0.4) is 0 Å². The molecule has 1 aliphatic carbocycles. The van der Waals surface area contributed by atoms with Crippen LogP contribution in [0.2, 0.25) is 0 Å². The van der Waals surface area contributed by atoms with E-state index in [4.69, 9.17) is 10.5 Å². The molecule has 1 saturated carbocycles. The summed E-state index contributed by atoms with van der Waals surface area (Å²) < 4.78 is 6.03. The lowest BCUT2D eigenvalue weighted by Crippen LogP contribution is -2.45. The highest BCUT2D eigenvalue weighted by Crippen LogP contribution is 2.27. The molecule has 3 N–H and O–H groups in total. The molecule has 2 aromatic carbocycles. The van der Waals surface area contributed by atoms with Crippen molar-refractivity contribution in [3.63, 3.8) is 0 Å². The summed E-state index contributed by atoms with van der Waals surface area (Å²) in [5, 5.41) is 2.75. The van der Waals surface area contributed by atoms with E-state index in [9.17, 15) is 4.79 Å². The van der Waals surface area contributed by atoms with E-state index in [1.807, 2.05) is 33.2 Å². The molecule has 0 amide bonds. The number of ether oxygens (including phenoxy) is 1. The summed E-state index contributed by atoms with van der Waals surface area (Å²) in [6.07, 6.45) is 9.68. The summed E-state index contributed by atoms with van der Waals surface area (Å²) in [5.74, 6) is 0.249. The van der Waals surface area contributed by atoms with Gasteiger partial charge in [0.2, 0.25) is 0 Å². The van der Waals surface area contributed by atoms with Gasteiger partial charge in [0.05, 0.1) is 18.3 Å². The summed E-state index contributed by atoms with van der Waals surface area (Å²) in [7, 11) is 5.96. The Labute approximate surface area is 281 Å². The van der Waals surface area contributed by atoms with Crippen molar-refractivity contribution in [1.82, 2.24) is 25.1 Å². The number of aldehydes is 1. The van der Waals surface area contributed by atoms with Crippen molar-refractivity contribution >= 4 is 12.1 Å². The molecule has 4 aromatic rings. The van der Waals surface area contributed by atoms with E-state index in [-0.39, 0.29) is 5.82 Å². The monoisotopic (exact) mass is 636 g/mol. The lowest BCUT2D eigenvalue weighted by Gasteiger charge is -2.36. The summed E-state index contributed by atoms with van der Waals surface area (Å²) >= 11 is 0. The molecule has 2 aliphatic rings. The fraction of sp³-hybridized carbons (Fsp3) is 0.410. The van der Waals surface area contributed by atoms with Crippen LogP contribution in [0.25, 0.3) is 22.3 Å². The molecule has 1 atom stereocenters. The van der Waals surface area contributed by atoms with Gasteiger partial charge in [-0.25, -0.2) is 4.98 Å². The van der Waals surface area contributed by atoms with Gasteiger partial charge >= 0.3 is 0 Å². The number of benzene rings is 2. The number of rotatable bonds is 8. The molecule has 1 saturated heterocycles. The van der Waals surface area contributed by atoms with E-state index in [2.05, 4.69) is 87.6 Å². The highest BCUT2D eigenvalue weighted by Gasteiger charge is 2.20. The number of carbonyl (C=O) groups excluding carboxylic acids is 1. The van der Waals surface area contributed by atoms with Crippen LogP contribution in [-0.4, -0.2) is 79.5 Å². The number of nitrogens with one attached hydrogen (secondary N) is 1. The first-order chi connectivity index (χ1) is 22.8. The number of hydrogen-bond acceptors (Lipinski definition) is 8. The highest BCUT2D eigenvalue weighted by molar-refractivity contribution is 5.84. The van der Waals surface area contributed by atoms with E-state index >= 15 is 0 Å². The number of nitrogens with two attached hydrogens (primary N) is 1. The van der Waals surface area contributed by atoms with Crippen molar-refractivity contribution in [2.24, 2.45) is 0 Å². The molecule has 1 aliphatic heterocycles. The molecule has 1 unspecified atom stereocenters. The zero-order chi connectivity index (χ0) is 33.6. The molecule has 2 aromatic heterocycles. The van der Waals surface area contributed by atoms with Crippen molar-refractivity contribution in [2.75, 3.05) is 53.1 Å². The third-order valence-corrected chi connectivity index (χ3v) is 8.88. The van der Waals surface area contributed by atoms with Gasteiger partial charge in [0.15, 0.2) is 6.29 Å². The predicted molar refractivity (Wildman–Crippen MR) is 193 cm³/mol. The minimum atomic E-state index is 0.249. The zero-order valence-corrected chi connectivity index (χ0v) is 28.8. The molecular weight excluding hydrogens is 584 g/mol. The number of likely N-dealkylation sites (N-methyl/N-ethyl adjacent to an activating group) is 1. The first-order valence-corrected chi connectivity index (χ1v) is 16.8. The van der Waals surface area contributed by atoms with E-state index in [0.717, 1.165) is 36.5 Å². The standard InChI is InChI=1S/C25H34N2O.C12H11N3O.C2H7N/c1-20(27-17-15-26(2)16-18-27)22-11-13-24(14-12-22)23-9-7-21(8-10-23)19-28-25-5-3-4-6-25;1-8-2-3-9(5-14-8)10-4-11(7-16)12(13)15-6-10;1-3-2/h7-14,20,25H,3-6,15-19H2,1-2H3;2-7H,1H3,(H2,13,15);3H,1-2H3. The molecule has 2 fully saturated rings. The van der Waals surface area contributed by atoms with Crippen LogP contribution in [0.4, 0.5) is 5.82 Å². The van der Waals surface area contributed by atoms with Gasteiger partial charge in [-0.3, -0.25) is 14.7 Å². The first-order valence-electron chi connectivity index (χ1n) is 16.8. The number of piperazine rings is 1. The van der Waals surface area contributed by atoms with Crippen LogP contribution in [0, 0.1) is 6.92 Å². The molecule has 0 spiro atoms. The average molecular weight is 637 g/mol. The Morgan fingerprint density at radius 2 is 1.45 bits per heavy atom. The highest BCUT2D eigenvalue weighted by atomic mass is 16.5. The van der Waals surface area contributed by atoms with Gasteiger partial charge in [-0.05, 0) is 82.2 Å². The second kappa shape index (κ2) is 18.4. The van der Waals surface area contributed by atoms with Gasteiger partial charge in [-0.1, -0.05) is 67.4 Å². The number of nitrogen functional groups attached to an aromatic ring is 1. The van der Waals surface area contributed by atoms with Crippen LogP contribution in [0.15, 0.2) is 79.1 Å². The predicted octanol–water partition coefficient (Wildman–Crippen LogP) is 6.80. The Hall–Kier alpha value is -3.95. The maximum atomic E-state index is 10.7. The molecule has 0 radical (unpaired) electrons. The summed E-state index contributed by atoms with van der Waals surface area (Å²) in [6, 6.07) is 24.1. The van der Waals surface area contributed by atoms with Gasteiger partial charge in [0, 0.05) is 61.4 Å². The molecule has 6 rings (SSSR count). The van der Waals surface area contributed by atoms with Crippen LogP contribution >= 0.6 is 0 Å². The number of nitrogens with zero attached hydrogens (tertiary/aromatic N) is 4. The van der Waals surface area contributed by atoms with E-state index in [1.54, 1.807) is 18.5 Å². The molecule has 47 heavy (non-hydrogen) atoms. The van der Waals surface area contributed by atoms with Crippen LogP contribution in [0.1, 0.15) is 65.8 Å².